The fourth-order valence-corrected chi connectivity index (χ4v) is 2.66. The highest BCUT2D eigenvalue weighted by Crippen LogP contribution is 2.22. The second-order valence-corrected chi connectivity index (χ2v) is 5.78. The number of aliphatic hydroxyl groups excluding tert-OH is 1. The number of carbonyl (C=O) groups is 1. The van der Waals surface area contributed by atoms with Gasteiger partial charge < -0.3 is 15.5 Å². The van der Waals surface area contributed by atoms with Crippen LogP contribution in [0.4, 0.5) is 0 Å². The smallest absolute Gasteiger partial charge is 0.224 e. The van der Waals surface area contributed by atoms with E-state index in [1.165, 1.54) is 12.1 Å². The Kier molecular flexibility index (Phi) is 6.44. The topological polar surface area (TPSA) is 69.6 Å². The van der Waals surface area contributed by atoms with Gasteiger partial charge in [-0.3, -0.25) is 4.79 Å². The van der Waals surface area contributed by atoms with Gasteiger partial charge >= 0.3 is 0 Å². The molecule has 0 heterocycles. The Morgan fingerprint density at radius 1 is 1.17 bits per heavy atom. The number of phenolic OH excluding ortho intramolecular Hbond substituents is 1. The lowest BCUT2D eigenvalue weighted by atomic mass is 9.96. The Morgan fingerprint density at radius 2 is 1.91 bits per heavy atom. The fraction of sp³-hybridized carbons (Fsp3) is 0.278. The maximum Gasteiger partial charge on any atom is 0.224 e. The van der Waals surface area contributed by atoms with Crippen LogP contribution >= 0.6 is 11.6 Å². The number of rotatable bonds is 7. The van der Waals surface area contributed by atoms with E-state index in [1.807, 2.05) is 30.3 Å². The van der Waals surface area contributed by atoms with E-state index in [-0.39, 0.29) is 30.6 Å². The van der Waals surface area contributed by atoms with Crippen molar-refractivity contribution in [1.82, 2.24) is 5.32 Å². The van der Waals surface area contributed by atoms with Crippen molar-refractivity contribution in [2.24, 2.45) is 0 Å². The summed E-state index contributed by atoms with van der Waals surface area (Å²) in [5.41, 5.74) is 1.75. The van der Waals surface area contributed by atoms with E-state index in [0.717, 1.165) is 5.56 Å². The molecule has 0 aliphatic carbocycles. The Bertz CT molecular complexity index is 646. The zero-order chi connectivity index (χ0) is 16.7. The zero-order valence-corrected chi connectivity index (χ0v) is 13.5. The Labute approximate surface area is 140 Å². The molecule has 23 heavy (non-hydrogen) atoms. The first-order chi connectivity index (χ1) is 11.1. The lowest BCUT2D eigenvalue weighted by Gasteiger charge is -2.17. The molecule has 0 bridgehead atoms. The van der Waals surface area contributed by atoms with Crippen LogP contribution in [0.15, 0.2) is 48.5 Å². The number of aromatic hydroxyl groups is 1. The van der Waals surface area contributed by atoms with Crippen LogP contribution in [0.2, 0.25) is 5.02 Å². The molecule has 0 spiro atoms. The molecule has 1 unspecified atom stereocenters. The molecule has 5 heteroatoms. The molecular weight excluding hydrogens is 314 g/mol. The van der Waals surface area contributed by atoms with Gasteiger partial charge in [-0.15, -0.1) is 0 Å². The lowest BCUT2D eigenvalue weighted by molar-refractivity contribution is -0.120. The molecular formula is C18H20ClNO3. The van der Waals surface area contributed by atoms with Crippen molar-refractivity contribution < 1.29 is 15.0 Å². The average molecular weight is 334 g/mol. The molecule has 0 aliphatic heterocycles. The minimum Gasteiger partial charge on any atom is -0.508 e. The number of benzene rings is 2. The summed E-state index contributed by atoms with van der Waals surface area (Å²) in [6.45, 7) is 0.526. The van der Waals surface area contributed by atoms with Crippen molar-refractivity contribution in [3.8, 4) is 5.75 Å². The Morgan fingerprint density at radius 3 is 2.57 bits per heavy atom. The van der Waals surface area contributed by atoms with Gasteiger partial charge in [0, 0.05) is 24.1 Å². The van der Waals surface area contributed by atoms with Crippen LogP contribution in [0.1, 0.15) is 23.5 Å². The van der Waals surface area contributed by atoms with E-state index >= 15 is 0 Å². The molecule has 1 amide bonds. The van der Waals surface area contributed by atoms with Crippen LogP contribution < -0.4 is 5.32 Å². The van der Waals surface area contributed by atoms with E-state index in [1.54, 1.807) is 6.07 Å². The van der Waals surface area contributed by atoms with Crippen molar-refractivity contribution in [1.29, 1.82) is 0 Å². The molecule has 0 saturated carbocycles. The van der Waals surface area contributed by atoms with E-state index in [0.29, 0.717) is 23.6 Å². The average Bonchev–Trinajstić information content (AvgIpc) is 2.55. The van der Waals surface area contributed by atoms with Crippen LogP contribution in [-0.4, -0.2) is 29.3 Å². The first kappa shape index (κ1) is 17.3. The number of hydrogen-bond donors (Lipinski definition) is 3. The third-order valence-corrected chi connectivity index (χ3v) is 4.03. The number of nitrogens with one attached hydrogen (secondary N) is 1. The van der Waals surface area contributed by atoms with Crippen LogP contribution in [-0.2, 0) is 11.2 Å². The summed E-state index contributed by atoms with van der Waals surface area (Å²) in [5.74, 6) is 0.00291. The molecule has 2 aromatic carbocycles. The Hall–Kier alpha value is -2.04. The van der Waals surface area contributed by atoms with E-state index in [9.17, 15) is 15.0 Å². The number of amides is 1. The summed E-state index contributed by atoms with van der Waals surface area (Å²) in [5, 5.41) is 21.8. The minimum absolute atomic E-state index is 0.0687. The fourth-order valence-electron chi connectivity index (χ4n) is 2.42. The summed E-state index contributed by atoms with van der Waals surface area (Å²) < 4.78 is 0. The number of phenols is 1. The quantitative estimate of drug-likeness (QED) is 0.729. The summed E-state index contributed by atoms with van der Waals surface area (Å²) >= 11 is 6.01. The normalized spacial score (nSPS) is 11.9. The number of aliphatic hydroxyl groups is 1. The van der Waals surface area contributed by atoms with E-state index in [2.05, 4.69) is 5.32 Å². The van der Waals surface area contributed by atoms with E-state index in [4.69, 9.17) is 11.6 Å². The highest BCUT2D eigenvalue weighted by molar-refractivity contribution is 6.31. The van der Waals surface area contributed by atoms with Gasteiger partial charge in [0.2, 0.25) is 5.91 Å². The standard InChI is InChI=1S/C18H20ClNO3/c19-17-11-16(22)7-6-14(17)10-18(23)20-12-15(8-9-21)13-4-2-1-3-5-13/h1-7,11,15,21-22H,8-10,12H2,(H,20,23). The van der Waals surface area contributed by atoms with E-state index < -0.39 is 0 Å². The first-order valence-corrected chi connectivity index (χ1v) is 7.88. The second kappa shape index (κ2) is 8.56. The molecule has 0 aliphatic rings. The van der Waals surface area contributed by atoms with Crippen molar-refractivity contribution in [3.63, 3.8) is 0 Å². The summed E-state index contributed by atoms with van der Waals surface area (Å²) in [6.07, 6.45) is 0.740. The first-order valence-electron chi connectivity index (χ1n) is 7.50. The number of halogens is 1. The Balaban J connectivity index is 1.94. The summed E-state index contributed by atoms with van der Waals surface area (Å²) in [6, 6.07) is 14.4. The molecule has 122 valence electrons. The van der Waals surface area contributed by atoms with Gasteiger partial charge in [-0.2, -0.15) is 0 Å². The molecule has 0 aromatic heterocycles. The monoisotopic (exact) mass is 333 g/mol. The van der Waals surface area contributed by atoms with Crippen molar-refractivity contribution in [2.45, 2.75) is 18.8 Å². The van der Waals surface area contributed by atoms with Crippen LogP contribution in [0, 0.1) is 0 Å². The van der Waals surface area contributed by atoms with Gasteiger partial charge in [0.05, 0.1) is 6.42 Å². The lowest BCUT2D eigenvalue weighted by Crippen LogP contribution is -2.30. The van der Waals surface area contributed by atoms with Crippen molar-refractivity contribution in [3.05, 3.63) is 64.7 Å². The highest BCUT2D eigenvalue weighted by Gasteiger charge is 2.13. The van der Waals surface area contributed by atoms with Crippen LogP contribution in [0.25, 0.3) is 0 Å². The van der Waals surface area contributed by atoms with Crippen molar-refractivity contribution in [2.75, 3.05) is 13.2 Å². The van der Waals surface area contributed by atoms with Crippen molar-refractivity contribution >= 4 is 17.5 Å². The molecule has 3 N–H and O–H groups in total. The third kappa shape index (κ3) is 5.27. The van der Waals surface area contributed by atoms with Gasteiger partial charge in [-0.25, -0.2) is 0 Å². The van der Waals surface area contributed by atoms with Gasteiger partial charge in [0.15, 0.2) is 0 Å². The minimum atomic E-state index is -0.142. The highest BCUT2D eigenvalue weighted by atomic mass is 35.5. The van der Waals surface area contributed by atoms with Gasteiger partial charge in [0.1, 0.15) is 5.75 Å². The van der Waals surface area contributed by atoms with Gasteiger partial charge in [-0.1, -0.05) is 48.0 Å². The van der Waals surface area contributed by atoms with Gasteiger partial charge in [-0.05, 0) is 29.7 Å². The molecule has 1 atom stereocenters. The molecule has 2 aromatic rings. The molecule has 2 rings (SSSR count). The third-order valence-electron chi connectivity index (χ3n) is 3.68. The zero-order valence-electron chi connectivity index (χ0n) is 12.7. The predicted octanol–water partition coefficient (Wildman–Crippen LogP) is 2.87. The predicted molar refractivity (Wildman–Crippen MR) is 90.7 cm³/mol. The molecule has 4 nitrogen and oxygen atoms in total. The maximum atomic E-state index is 12.1. The number of carbonyl (C=O) groups excluding carboxylic acids is 1. The van der Waals surface area contributed by atoms with Crippen LogP contribution in [0.3, 0.4) is 0 Å². The molecule has 0 radical (unpaired) electrons. The molecule has 0 saturated heterocycles. The maximum absolute atomic E-state index is 12.1. The second-order valence-electron chi connectivity index (χ2n) is 5.38. The SMILES string of the molecule is O=C(Cc1ccc(O)cc1Cl)NCC(CCO)c1ccccc1. The summed E-state index contributed by atoms with van der Waals surface area (Å²) in [7, 11) is 0. The number of hydrogen-bond acceptors (Lipinski definition) is 3. The molecule has 0 fully saturated rings. The summed E-state index contributed by atoms with van der Waals surface area (Å²) in [4.78, 5) is 12.1. The van der Waals surface area contributed by atoms with Gasteiger partial charge in [0.25, 0.3) is 0 Å². The van der Waals surface area contributed by atoms with Crippen LogP contribution in [0.5, 0.6) is 5.75 Å². The largest absolute Gasteiger partial charge is 0.508 e.